The van der Waals surface area contributed by atoms with Crippen LogP contribution in [0.3, 0.4) is 0 Å². The van der Waals surface area contributed by atoms with E-state index in [4.69, 9.17) is 0 Å². The van der Waals surface area contributed by atoms with E-state index in [1.165, 1.54) is 12.1 Å². The van der Waals surface area contributed by atoms with Gasteiger partial charge in [-0.1, -0.05) is 36.4 Å². The van der Waals surface area contributed by atoms with Gasteiger partial charge in [-0.3, -0.25) is 9.69 Å². The molecule has 1 N–H and O–H groups in total. The Morgan fingerprint density at radius 2 is 1.82 bits per heavy atom. The molecule has 2 aromatic carbocycles. The Morgan fingerprint density at radius 3 is 2.54 bits per heavy atom. The predicted octanol–water partition coefficient (Wildman–Crippen LogP) is 1.71. The Balaban J connectivity index is 1.64. The van der Waals surface area contributed by atoms with Crippen molar-refractivity contribution < 1.29 is 22.4 Å². The van der Waals surface area contributed by atoms with Crippen molar-refractivity contribution in [3.05, 3.63) is 66.0 Å². The molecular weight excluding hydrogens is 385 g/mol. The van der Waals surface area contributed by atoms with Gasteiger partial charge in [0, 0.05) is 6.54 Å². The lowest BCUT2D eigenvalue weighted by Gasteiger charge is -2.36. The standard InChI is InChI=1S/C19H18FN3O4S/c20-14-7-4-8-15(11-14)28(26,27)23-10-9-16-17(23)18(24)22(19(25)21-16)12-13-5-2-1-3-6-13/h1-8,11,16-17H,9-10,12H2,(H,21,25). The Morgan fingerprint density at radius 1 is 1.07 bits per heavy atom. The summed E-state index contributed by atoms with van der Waals surface area (Å²) in [6.07, 6.45) is 0.315. The smallest absolute Gasteiger partial charge is 0.324 e. The third-order valence-corrected chi connectivity index (χ3v) is 6.89. The summed E-state index contributed by atoms with van der Waals surface area (Å²) in [7, 11) is -4.08. The number of nitrogens with zero attached hydrogens (tertiary/aromatic N) is 2. The third-order valence-electron chi connectivity index (χ3n) is 5.01. The zero-order chi connectivity index (χ0) is 19.9. The van der Waals surface area contributed by atoms with Crippen LogP contribution in [0.5, 0.6) is 0 Å². The molecular formula is C19H18FN3O4S. The maximum absolute atomic E-state index is 13.5. The first-order valence-corrected chi connectivity index (χ1v) is 10.2. The lowest BCUT2D eigenvalue weighted by molar-refractivity contribution is -0.134. The number of fused-ring (bicyclic) bond motifs is 1. The number of urea groups is 1. The summed E-state index contributed by atoms with van der Waals surface area (Å²) in [5.41, 5.74) is 0.752. The Bertz CT molecular complexity index is 1030. The van der Waals surface area contributed by atoms with Crippen molar-refractivity contribution >= 4 is 22.0 Å². The molecule has 2 unspecified atom stereocenters. The molecule has 2 aromatic rings. The lowest BCUT2D eigenvalue weighted by atomic mass is 10.1. The van der Waals surface area contributed by atoms with Crippen LogP contribution in [0.1, 0.15) is 12.0 Å². The number of halogens is 1. The molecule has 146 valence electrons. The first-order valence-electron chi connectivity index (χ1n) is 8.81. The maximum Gasteiger partial charge on any atom is 0.324 e. The van der Waals surface area contributed by atoms with Crippen LogP contribution in [-0.2, 0) is 21.4 Å². The van der Waals surface area contributed by atoms with Crippen molar-refractivity contribution in [1.29, 1.82) is 0 Å². The molecule has 0 aliphatic carbocycles. The minimum atomic E-state index is -4.08. The summed E-state index contributed by atoms with van der Waals surface area (Å²) in [5.74, 6) is -1.25. The maximum atomic E-state index is 13.5. The predicted molar refractivity (Wildman–Crippen MR) is 98.0 cm³/mol. The van der Waals surface area contributed by atoms with Crippen molar-refractivity contribution in [3.8, 4) is 0 Å². The van der Waals surface area contributed by atoms with Gasteiger partial charge in [0.2, 0.25) is 10.0 Å². The fourth-order valence-corrected chi connectivity index (χ4v) is 5.32. The minimum absolute atomic E-state index is 0.0442. The highest BCUT2D eigenvalue weighted by atomic mass is 32.2. The number of benzene rings is 2. The zero-order valence-electron chi connectivity index (χ0n) is 14.8. The summed E-state index contributed by atoms with van der Waals surface area (Å²) < 4.78 is 40.6. The number of nitrogens with one attached hydrogen (secondary N) is 1. The Kier molecular flexibility index (Phi) is 4.64. The molecule has 7 nitrogen and oxygen atoms in total. The van der Waals surface area contributed by atoms with Crippen molar-refractivity contribution in [2.75, 3.05) is 6.54 Å². The highest BCUT2D eigenvalue weighted by molar-refractivity contribution is 7.89. The first-order chi connectivity index (χ1) is 13.4. The van der Waals surface area contributed by atoms with E-state index in [0.717, 1.165) is 26.9 Å². The van der Waals surface area contributed by atoms with Gasteiger partial charge >= 0.3 is 6.03 Å². The van der Waals surface area contributed by atoms with Crippen LogP contribution in [0.2, 0.25) is 0 Å². The lowest BCUT2D eigenvalue weighted by Crippen LogP contribution is -2.64. The van der Waals surface area contributed by atoms with Gasteiger partial charge in [-0.2, -0.15) is 4.31 Å². The van der Waals surface area contributed by atoms with Crippen LogP contribution in [-0.4, -0.2) is 48.2 Å². The Labute approximate surface area is 161 Å². The van der Waals surface area contributed by atoms with E-state index in [1.807, 2.05) is 6.07 Å². The fourth-order valence-electron chi connectivity index (χ4n) is 3.65. The first kappa shape index (κ1) is 18.6. The van der Waals surface area contributed by atoms with Gasteiger partial charge in [-0.15, -0.1) is 0 Å². The summed E-state index contributed by atoms with van der Waals surface area (Å²) in [4.78, 5) is 26.3. The molecule has 0 spiro atoms. The molecule has 2 aliphatic heterocycles. The number of carbonyl (C=O) groups is 2. The zero-order valence-corrected chi connectivity index (χ0v) is 15.6. The van der Waals surface area contributed by atoms with Gasteiger partial charge in [-0.25, -0.2) is 17.6 Å². The van der Waals surface area contributed by atoms with Gasteiger partial charge < -0.3 is 5.32 Å². The van der Waals surface area contributed by atoms with Crippen molar-refractivity contribution in [1.82, 2.24) is 14.5 Å². The molecule has 2 fully saturated rings. The largest absolute Gasteiger partial charge is 0.333 e. The van der Waals surface area contributed by atoms with E-state index in [9.17, 15) is 22.4 Å². The molecule has 9 heteroatoms. The molecule has 2 aliphatic rings. The van der Waals surface area contributed by atoms with Crippen LogP contribution in [0.25, 0.3) is 0 Å². The van der Waals surface area contributed by atoms with Gasteiger partial charge in [0.1, 0.15) is 11.9 Å². The number of amides is 3. The Hall–Kier alpha value is -2.78. The number of rotatable bonds is 4. The van der Waals surface area contributed by atoms with Gasteiger partial charge in [0.05, 0.1) is 17.5 Å². The quantitative estimate of drug-likeness (QED) is 0.842. The summed E-state index contributed by atoms with van der Waals surface area (Å²) >= 11 is 0. The highest BCUT2D eigenvalue weighted by Crippen LogP contribution is 2.30. The van der Waals surface area contributed by atoms with Gasteiger partial charge in [0.25, 0.3) is 5.91 Å². The molecule has 2 saturated heterocycles. The van der Waals surface area contributed by atoms with E-state index < -0.39 is 39.9 Å². The van der Waals surface area contributed by atoms with E-state index in [2.05, 4.69) is 5.32 Å². The average molecular weight is 403 g/mol. The van der Waals surface area contributed by atoms with E-state index in [1.54, 1.807) is 24.3 Å². The van der Waals surface area contributed by atoms with Gasteiger partial charge in [0.15, 0.2) is 0 Å². The molecule has 2 atom stereocenters. The van der Waals surface area contributed by atoms with Crippen LogP contribution in [0, 0.1) is 5.82 Å². The second-order valence-electron chi connectivity index (χ2n) is 6.77. The number of sulfonamides is 1. The van der Waals surface area contributed by atoms with Crippen LogP contribution in [0.4, 0.5) is 9.18 Å². The molecule has 3 amide bonds. The number of hydrogen-bond acceptors (Lipinski definition) is 4. The van der Waals surface area contributed by atoms with Crippen molar-refractivity contribution in [2.45, 2.75) is 29.9 Å². The van der Waals surface area contributed by atoms with Crippen LogP contribution in [0.15, 0.2) is 59.5 Å². The van der Waals surface area contributed by atoms with E-state index in [-0.39, 0.29) is 18.0 Å². The molecule has 28 heavy (non-hydrogen) atoms. The highest BCUT2D eigenvalue weighted by Gasteiger charge is 2.51. The molecule has 0 aromatic heterocycles. The monoisotopic (exact) mass is 403 g/mol. The second kappa shape index (κ2) is 6.99. The molecule has 0 bridgehead atoms. The van der Waals surface area contributed by atoms with Crippen molar-refractivity contribution in [3.63, 3.8) is 0 Å². The summed E-state index contributed by atoms with van der Waals surface area (Å²) in [5, 5.41) is 2.73. The number of hydrogen-bond donors (Lipinski definition) is 1. The van der Waals surface area contributed by atoms with E-state index in [0.29, 0.717) is 6.42 Å². The van der Waals surface area contributed by atoms with Crippen LogP contribution >= 0.6 is 0 Å². The number of carbonyl (C=O) groups excluding carboxylic acids is 2. The fraction of sp³-hybridized carbons (Fsp3) is 0.263. The van der Waals surface area contributed by atoms with Gasteiger partial charge in [-0.05, 0) is 30.2 Å². The number of imide groups is 1. The van der Waals surface area contributed by atoms with E-state index >= 15 is 0 Å². The summed E-state index contributed by atoms with van der Waals surface area (Å²) in [6.45, 7) is 0.113. The normalized spacial score (nSPS) is 22.8. The SMILES string of the molecule is O=C1NC2CCN(S(=O)(=O)c3cccc(F)c3)C2C(=O)N1Cc1ccccc1. The second-order valence-corrected chi connectivity index (χ2v) is 8.66. The topological polar surface area (TPSA) is 86.8 Å². The molecule has 0 radical (unpaired) electrons. The van der Waals surface area contributed by atoms with Crippen LogP contribution < -0.4 is 5.32 Å². The summed E-state index contributed by atoms with van der Waals surface area (Å²) in [6, 6.07) is 11.5. The van der Waals surface area contributed by atoms with Crippen molar-refractivity contribution in [2.24, 2.45) is 0 Å². The molecule has 0 saturated carbocycles. The molecule has 4 rings (SSSR count). The third kappa shape index (κ3) is 3.16. The molecule has 2 heterocycles. The average Bonchev–Trinajstić information content (AvgIpc) is 3.10. The minimum Gasteiger partial charge on any atom is -0.333 e.